The van der Waals surface area contributed by atoms with Gasteiger partial charge >= 0.3 is 6.03 Å². The van der Waals surface area contributed by atoms with Gasteiger partial charge in [-0.3, -0.25) is 0 Å². The van der Waals surface area contributed by atoms with Crippen LogP contribution in [0.25, 0.3) is 5.69 Å². The van der Waals surface area contributed by atoms with Gasteiger partial charge in [0.1, 0.15) is 0 Å². The van der Waals surface area contributed by atoms with Gasteiger partial charge in [-0.1, -0.05) is 13.0 Å². The first-order valence-corrected chi connectivity index (χ1v) is 7.85. The van der Waals surface area contributed by atoms with E-state index in [4.69, 9.17) is 5.11 Å². The molecule has 2 rings (SSSR count). The molecule has 6 heteroatoms. The second-order valence-electron chi connectivity index (χ2n) is 5.53. The van der Waals surface area contributed by atoms with Crippen LogP contribution in [0.4, 0.5) is 10.5 Å². The third kappa shape index (κ3) is 4.32. The molecule has 1 aromatic carbocycles. The number of aryl methyl sites for hydroxylation is 2. The SMILES string of the molecule is CCCN(CCO)C(=O)Nc1cccc(-n2nc(C)cc2C)c1. The molecule has 0 aliphatic carbocycles. The van der Waals surface area contributed by atoms with Crippen LogP contribution in [0.5, 0.6) is 0 Å². The number of carbonyl (C=O) groups excluding carboxylic acids is 1. The Kier molecular flexibility index (Phi) is 5.76. The molecular formula is C17H24N4O2. The van der Waals surface area contributed by atoms with Crippen LogP contribution < -0.4 is 5.32 Å². The molecule has 0 unspecified atom stereocenters. The Bertz CT molecular complexity index is 660. The van der Waals surface area contributed by atoms with Gasteiger partial charge in [-0.2, -0.15) is 5.10 Å². The van der Waals surface area contributed by atoms with E-state index in [0.29, 0.717) is 18.8 Å². The molecule has 1 heterocycles. The lowest BCUT2D eigenvalue weighted by Crippen LogP contribution is -2.37. The molecule has 1 aromatic heterocycles. The van der Waals surface area contributed by atoms with E-state index in [1.54, 1.807) is 4.90 Å². The van der Waals surface area contributed by atoms with Gasteiger partial charge in [-0.15, -0.1) is 0 Å². The normalized spacial score (nSPS) is 10.6. The van der Waals surface area contributed by atoms with Crippen LogP contribution in [0.3, 0.4) is 0 Å². The van der Waals surface area contributed by atoms with Crippen molar-refractivity contribution in [1.82, 2.24) is 14.7 Å². The summed E-state index contributed by atoms with van der Waals surface area (Å²) in [7, 11) is 0. The maximum absolute atomic E-state index is 12.3. The number of carbonyl (C=O) groups is 1. The number of benzene rings is 1. The van der Waals surface area contributed by atoms with Crippen molar-refractivity contribution < 1.29 is 9.90 Å². The highest BCUT2D eigenvalue weighted by Crippen LogP contribution is 2.17. The summed E-state index contributed by atoms with van der Waals surface area (Å²) in [6, 6.07) is 9.38. The van der Waals surface area contributed by atoms with Gasteiger partial charge in [0.2, 0.25) is 0 Å². The first-order chi connectivity index (χ1) is 11.0. The Hall–Kier alpha value is -2.34. The second-order valence-corrected chi connectivity index (χ2v) is 5.53. The number of hydrogen-bond donors (Lipinski definition) is 2. The summed E-state index contributed by atoms with van der Waals surface area (Å²) in [6.45, 7) is 6.85. The first kappa shape index (κ1) is 17.0. The van der Waals surface area contributed by atoms with E-state index < -0.39 is 0 Å². The zero-order chi connectivity index (χ0) is 16.8. The number of aliphatic hydroxyl groups is 1. The number of anilines is 1. The summed E-state index contributed by atoms with van der Waals surface area (Å²) in [5, 5.41) is 16.4. The minimum absolute atomic E-state index is 0.0424. The van der Waals surface area contributed by atoms with E-state index in [0.717, 1.165) is 23.5 Å². The fourth-order valence-electron chi connectivity index (χ4n) is 2.51. The van der Waals surface area contributed by atoms with E-state index in [9.17, 15) is 4.79 Å². The molecule has 2 amide bonds. The minimum atomic E-state index is -0.202. The minimum Gasteiger partial charge on any atom is -0.395 e. The molecule has 0 fully saturated rings. The number of aromatic nitrogens is 2. The number of aliphatic hydroxyl groups excluding tert-OH is 1. The number of urea groups is 1. The standard InChI is InChI=1S/C17H24N4O2/c1-4-8-20(9-10-22)17(23)18-15-6-5-7-16(12-15)21-14(3)11-13(2)19-21/h5-7,11-12,22H,4,8-10H2,1-3H3,(H,18,23). The highest BCUT2D eigenvalue weighted by Gasteiger charge is 2.12. The molecule has 2 N–H and O–H groups in total. The van der Waals surface area contributed by atoms with Crippen LogP contribution in [-0.4, -0.2) is 45.5 Å². The van der Waals surface area contributed by atoms with E-state index in [1.807, 2.05) is 55.8 Å². The third-order valence-corrected chi connectivity index (χ3v) is 3.50. The molecule has 0 bridgehead atoms. The molecule has 0 saturated heterocycles. The van der Waals surface area contributed by atoms with Crippen LogP contribution in [0.1, 0.15) is 24.7 Å². The molecule has 0 aliphatic rings. The van der Waals surface area contributed by atoms with Gasteiger partial charge in [0.05, 0.1) is 18.0 Å². The van der Waals surface area contributed by atoms with Gasteiger partial charge in [-0.05, 0) is 44.5 Å². The van der Waals surface area contributed by atoms with Crippen molar-refractivity contribution in [2.75, 3.05) is 25.0 Å². The fourth-order valence-corrected chi connectivity index (χ4v) is 2.51. The zero-order valence-electron chi connectivity index (χ0n) is 13.9. The topological polar surface area (TPSA) is 70.4 Å². The lowest BCUT2D eigenvalue weighted by atomic mass is 10.2. The Morgan fingerprint density at radius 1 is 1.30 bits per heavy atom. The van der Waals surface area contributed by atoms with Crippen LogP contribution in [0.2, 0.25) is 0 Å². The average molecular weight is 316 g/mol. The molecule has 0 aliphatic heterocycles. The second kappa shape index (κ2) is 7.78. The van der Waals surface area contributed by atoms with Gasteiger partial charge in [-0.25, -0.2) is 9.48 Å². The van der Waals surface area contributed by atoms with Crippen molar-refractivity contribution in [2.24, 2.45) is 0 Å². The molecule has 0 saturated carbocycles. The molecule has 6 nitrogen and oxygen atoms in total. The Labute approximate surface area is 136 Å². The first-order valence-electron chi connectivity index (χ1n) is 7.85. The van der Waals surface area contributed by atoms with Gasteiger partial charge < -0.3 is 15.3 Å². The fraction of sp³-hybridized carbons (Fsp3) is 0.412. The Balaban J connectivity index is 2.16. The summed E-state index contributed by atoms with van der Waals surface area (Å²) in [4.78, 5) is 13.9. The number of nitrogens with zero attached hydrogens (tertiary/aromatic N) is 3. The van der Waals surface area contributed by atoms with Crippen molar-refractivity contribution in [2.45, 2.75) is 27.2 Å². The Morgan fingerprint density at radius 3 is 2.70 bits per heavy atom. The number of nitrogens with one attached hydrogen (secondary N) is 1. The molecule has 124 valence electrons. The molecule has 23 heavy (non-hydrogen) atoms. The number of hydrogen-bond acceptors (Lipinski definition) is 3. The largest absolute Gasteiger partial charge is 0.395 e. The molecule has 0 spiro atoms. The van der Waals surface area contributed by atoms with Crippen LogP contribution >= 0.6 is 0 Å². The predicted octanol–water partition coefficient (Wildman–Crippen LogP) is 2.73. The highest BCUT2D eigenvalue weighted by atomic mass is 16.3. The lowest BCUT2D eigenvalue weighted by Gasteiger charge is -2.21. The summed E-state index contributed by atoms with van der Waals surface area (Å²) < 4.78 is 1.85. The van der Waals surface area contributed by atoms with E-state index in [2.05, 4.69) is 10.4 Å². The van der Waals surface area contributed by atoms with Gasteiger partial charge in [0.15, 0.2) is 0 Å². The lowest BCUT2D eigenvalue weighted by molar-refractivity contribution is 0.188. The van der Waals surface area contributed by atoms with Crippen molar-refractivity contribution in [3.05, 3.63) is 41.7 Å². The monoisotopic (exact) mass is 316 g/mol. The van der Waals surface area contributed by atoms with Crippen LogP contribution in [0.15, 0.2) is 30.3 Å². The molecule has 0 atom stereocenters. The highest BCUT2D eigenvalue weighted by molar-refractivity contribution is 5.89. The Morgan fingerprint density at radius 2 is 2.09 bits per heavy atom. The number of rotatable bonds is 6. The van der Waals surface area contributed by atoms with Crippen molar-refractivity contribution in [1.29, 1.82) is 0 Å². The number of amides is 2. The van der Waals surface area contributed by atoms with E-state index in [1.165, 1.54) is 0 Å². The molecule has 2 aromatic rings. The smallest absolute Gasteiger partial charge is 0.321 e. The summed E-state index contributed by atoms with van der Waals surface area (Å²) >= 11 is 0. The van der Waals surface area contributed by atoms with Crippen LogP contribution in [-0.2, 0) is 0 Å². The zero-order valence-corrected chi connectivity index (χ0v) is 13.9. The third-order valence-electron chi connectivity index (χ3n) is 3.50. The summed E-state index contributed by atoms with van der Waals surface area (Å²) in [6.07, 6.45) is 0.846. The predicted molar refractivity (Wildman–Crippen MR) is 91.0 cm³/mol. The maximum Gasteiger partial charge on any atom is 0.321 e. The van der Waals surface area contributed by atoms with Crippen molar-refractivity contribution in [3.63, 3.8) is 0 Å². The van der Waals surface area contributed by atoms with Crippen molar-refractivity contribution >= 4 is 11.7 Å². The van der Waals surface area contributed by atoms with E-state index in [-0.39, 0.29) is 12.6 Å². The maximum atomic E-state index is 12.3. The van der Waals surface area contributed by atoms with Gasteiger partial charge in [0.25, 0.3) is 0 Å². The molecular weight excluding hydrogens is 292 g/mol. The quantitative estimate of drug-likeness (QED) is 0.861. The average Bonchev–Trinajstić information content (AvgIpc) is 2.86. The molecule has 0 radical (unpaired) electrons. The summed E-state index contributed by atoms with van der Waals surface area (Å²) in [5.74, 6) is 0. The van der Waals surface area contributed by atoms with Gasteiger partial charge in [0, 0.05) is 24.5 Å². The van der Waals surface area contributed by atoms with E-state index >= 15 is 0 Å². The van der Waals surface area contributed by atoms with Crippen molar-refractivity contribution in [3.8, 4) is 5.69 Å². The summed E-state index contributed by atoms with van der Waals surface area (Å²) in [5.41, 5.74) is 3.60. The van der Waals surface area contributed by atoms with Crippen LogP contribution in [0, 0.1) is 13.8 Å².